The Bertz CT molecular complexity index is 1380. The average molecular weight is 417 g/mol. The molecule has 0 spiro atoms. The average Bonchev–Trinajstić information content (AvgIpc) is 3.07. The fourth-order valence-electron chi connectivity index (χ4n) is 3.22. The number of fused-ring (bicyclic) bond motifs is 3. The van der Waals surface area contributed by atoms with Gasteiger partial charge in [-0.25, -0.2) is 31.8 Å². The maximum atomic E-state index is 13.6. The summed E-state index contributed by atoms with van der Waals surface area (Å²) in [5.41, 5.74) is 0.344. The van der Waals surface area contributed by atoms with E-state index >= 15 is 0 Å². The third-order valence-electron chi connectivity index (χ3n) is 4.55. The molecule has 0 bridgehead atoms. The largest absolute Gasteiger partial charge is 0.478 e. The molecule has 0 aliphatic heterocycles. The maximum absolute atomic E-state index is 13.6. The predicted molar refractivity (Wildman–Crippen MR) is 102 cm³/mol. The van der Waals surface area contributed by atoms with E-state index in [4.69, 9.17) is 5.14 Å². The summed E-state index contributed by atoms with van der Waals surface area (Å²) in [6, 6.07) is 12.7. The summed E-state index contributed by atoms with van der Waals surface area (Å²) in [6.07, 6.45) is -2.84. The lowest BCUT2D eigenvalue weighted by Crippen LogP contribution is -2.12. The summed E-state index contributed by atoms with van der Waals surface area (Å²) in [5, 5.41) is 19.6. The molecule has 0 fully saturated rings. The van der Waals surface area contributed by atoms with Crippen molar-refractivity contribution in [2.24, 2.45) is 5.14 Å². The second kappa shape index (κ2) is 6.61. The zero-order chi connectivity index (χ0) is 20.9. The molecule has 0 radical (unpaired) electrons. The molecule has 0 atom stereocenters. The van der Waals surface area contributed by atoms with Crippen LogP contribution >= 0.6 is 0 Å². The van der Waals surface area contributed by atoms with Gasteiger partial charge in [0.25, 0.3) is 6.43 Å². The minimum atomic E-state index is -3.91. The lowest BCUT2D eigenvalue weighted by atomic mass is 10.0. The van der Waals surface area contributed by atoms with Crippen LogP contribution in [0.25, 0.3) is 27.4 Å². The minimum absolute atomic E-state index is 0.0644. The standard InChI is InChI=1S/C19H13F2N3O4S/c20-18(21)16-15-8-1-10-9-11(19(25)26)2-7-14(10)17(15)24(23-16)12-3-5-13(6-4-12)29(22,27)28/h1-9,18H,(H,25,26)(H2,22,27,28). The maximum Gasteiger partial charge on any atom is 0.335 e. The van der Waals surface area contributed by atoms with Crippen LogP contribution in [-0.2, 0) is 10.0 Å². The van der Waals surface area contributed by atoms with E-state index in [1.54, 1.807) is 6.07 Å². The fourth-order valence-corrected chi connectivity index (χ4v) is 3.73. The van der Waals surface area contributed by atoms with Gasteiger partial charge in [0.2, 0.25) is 10.0 Å². The first-order chi connectivity index (χ1) is 13.7. The van der Waals surface area contributed by atoms with Gasteiger partial charge >= 0.3 is 5.97 Å². The number of carboxylic acids is 1. The van der Waals surface area contributed by atoms with Gasteiger partial charge in [-0.15, -0.1) is 0 Å². The molecule has 0 aliphatic carbocycles. The van der Waals surface area contributed by atoms with Gasteiger partial charge in [-0.2, -0.15) is 5.10 Å². The Labute approximate surface area is 163 Å². The zero-order valence-corrected chi connectivity index (χ0v) is 15.4. The lowest BCUT2D eigenvalue weighted by Gasteiger charge is -2.08. The zero-order valence-electron chi connectivity index (χ0n) is 14.6. The Kier molecular flexibility index (Phi) is 4.32. The molecule has 7 nitrogen and oxygen atoms in total. The highest BCUT2D eigenvalue weighted by Crippen LogP contribution is 2.34. The molecule has 0 amide bonds. The Morgan fingerprint density at radius 2 is 1.69 bits per heavy atom. The van der Waals surface area contributed by atoms with Crippen molar-refractivity contribution in [1.29, 1.82) is 0 Å². The molecule has 10 heteroatoms. The van der Waals surface area contributed by atoms with Crippen molar-refractivity contribution in [3.63, 3.8) is 0 Å². The first kappa shape index (κ1) is 19.0. The highest BCUT2D eigenvalue weighted by molar-refractivity contribution is 7.89. The molecule has 1 aromatic heterocycles. The predicted octanol–water partition coefficient (Wildman–Crippen LogP) is 3.46. The van der Waals surface area contributed by atoms with Gasteiger partial charge in [0.15, 0.2) is 0 Å². The second-order valence-corrected chi connectivity index (χ2v) is 7.90. The lowest BCUT2D eigenvalue weighted by molar-refractivity contribution is 0.0697. The quantitative estimate of drug-likeness (QED) is 0.528. The summed E-state index contributed by atoms with van der Waals surface area (Å²) < 4.78 is 51.3. The van der Waals surface area contributed by atoms with Crippen LogP contribution in [0.3, 0.4) is 0 Å². The van der Waals surface area contributed by atoms with E-state index in [1.807, 2.05) is 0 Å². The van der Waals surface area contributed by atoms with Crippen molar-refractivity contribution in [3.05, 3.63) is 65.9 Å². The number of nitrogens with two attached hydrogens (primary N) is 1. The highest BCUT2D eigenvalue weighted by atomic mass is 32.2. The van der Waals surface area contributed by atoms with Crippen LogP contribution in [0.15, 0.2) is 59.5 Å². The van der Waals surface area contributed by atoms with Gasteiger partial charge in [0.05, 0.1) is 21.7 Å². The molecular weight excluding hydrogens is 404 g/mol. The molecule has 0 aliphatic rings. The van der Waals surface area contributed by atoms with Gasteiger partial charge < -0.3 is 5.11 Å². The van der Waals surface area contributed by atoms with E-state index in [2.05, 4.69) is 5.10 Å². The van der Waals surface area contributed by atoms with Crippen molar-refractivity contribution in [1.82, 2.24) is 9.78 Å². The van der Waals surface area contributed by atoms with Crippen molar-refractivity contribution < 1.29 is 27.1 Å². The number of rotatable bonds is 4. The van der Waals surface area contributed by atoms with Crippen molar-refractivity contribution >= 4 is 37.7 Å². The number of alkyl halides is 2. The summed E-state index contributed by atoms with van der Waals surface area (Å²) in [4.78, 5) is 11.1. The Balaban J connectivity index is 2.03. The third kappa shape index (κ3) is 3.22. The molecule has 29 heavy (non-hydrogen) atoms. The Hall–Kier alpha value is -3.37. The van der Waals surface area contributed by atoms with Crippen LogP contribution in [0.1, 0.15) is 22.5 Å². The minimum Gasteiger partial charge on any atom is -0.478 e. The first-order valence-electron chi connectivity index (χ1n) is 8.27. The molecule has 0 unspecified atom stereocenters. The number of aromatic nitrogens is 2. The number of sulfonamides is 1. The van der Waals surface area contributed by atoms with Gasteiger partial charge in [0.1, 0.15) is 5.69 Å². The molecule has 0 saturated carbocycles. The summed E-state index contributed by atoms with van der Waals surface area (Å²) in [6.45, 7) is 0. The summed E-state index contributed by atoms with van der Waals surface area (Å²) in [7, 11) is -3.91. The third-order valence-corrected chi connectivity index (χ3v) is 5.48. The van der Waals surface area contributed by atoms with E-state index in [-0.39, 0.29) is 15.8 Å². The highest BCUT2D eigenvalue weighted by Gasteiger charge is 2.21. The Morgan fingerprint density at radius 3 is 2.28 bits per heavy atom. The van der Waals surface area contributed by atoms with E-state index in [1.165, 1.54) is 53.2 Å². The molecule has 3 aromatic carbocycles. The van der Waals surface area contributed by atoms with Gasteiger partial charge in [0, 0.05) is 10.8 Å². The van der Waals surface area contributed by atoms with E-state index in [0.29, 0.717) is 22.0 Å². The fraction of sp³-hybridized carbons (Fsp3) is 0.0526. The van der Waals surface area contributed by atoms with Crippen molar-refractivity contribution in [2.45, 2.75) is 11.3 Å². The smallest absolute Gasteiger partial charge is 0.335 e. The number of halogens is 2. The number of hydrogen-bond donors (Lipinski definition) is 2. The molecule has 0 saturated heterocycles. The number of primary sulfonamides is 1. The first-order valence-corrected chi connectivity index (χ1v) is 9.81. The number of carboxylic acid groups (broad SMARTS) is 1. The Morgan fingerprint density at radius 1 is 1.03 bits per heavy atom. The van der Waals surface area contributed by atoms with Gasteiger partial charge in [-0.05, 0) is 41.8 Å². The van der Waals surface area contributed by atoms with Crippen molar-refractivity contribution in [3.8, 4) is 5.69 Å². The van der Waals surface area contributed by atoms with Crippen molar-refractivity contribution in [2.75, 3.05) is 0 Å². The summed E-state index contributed by atoms with van der Waals surface area (Å²) >= 11 is 0. The van der Waals surface area contributed by atoms with Crippen LogP contribution in [0.5, 0.6) is 0 Å². The number of benzene rings is 3. The molecule has 4 rings (SSSR count). The van der Waals surface area contributed by atoms with Crippen LogP contribution < -0.4 is 5.14 Å². The SMILES string of the molecule is NS(=O)(=O)c1ccc(-n2nc(C(F)F)c3ccc4cc(C(=O)O)ccc4c32)cc1. The molecule has 4 aromatic rings. The number of carbonyl (C=O) groups is 1. The molecular formula is C19H13F2N3O4S. The van der Waals surface area contributed by atoms with Crippen LogP contribution in [0.2, 0.25) is 0 Å². The molecule has 3 N–H and O–H groups in total. The summed E-state index contributed by atoms with van der Waals surface area (Å²) in [5.74, 6) is -1.10. The second-order valence-electron chi connectivity index (χ2n) is 6.34. The van der Waals surface area contributed by atoms with Gasteiger partial charge in [-0.3, -0.25) is 0 Å². The molecule has 1 heterocycles. The van der Waals surface area contributed by atoms with Crippen LogP contribution in [0, 0.1) is 0 Å². The normalized spacial score (nSPS) is 12.1. The number of aromatic carboxylic acids is 1. The van der Waals surface area contributed by atoms with Gasteiger partial charge in [-0.1, -0.05) is 18.2 Å². The number of hydrogen-bond acceptors (Lipinski definition) is 4. The molecule has 148 valence electrons. The van der Waals surface area contributed by atoms with E-state index in [9.17, 15) is 27.1 Å². The number of nitrogens with zero attached hydrogens (tertiary/aromatic N) is 2. The topological polar surface area (TPSA) is 115 Å². The van der Waals surface area contributed by atoms with E-state index < -0.39 is 28.1 Å². The van der Waals surface area contributed by atoms with E-state index in [0.717, 1.165) is 0 Å². The van der Waals surface area contributed by atoms with Crippen LogP contribution in [-0.4, -0.2) is 29.3 Å². The van der Waals surface area contributed by atoms with Crippen LogP contribution in [0.4, 0.5) is 8.78 Å². The monoisotopic (exact) mass is 417 g/mol.